The lowest BCUT2D eigenvalue weighted by molar-refractivity contribution is -0.158. The van der Waals surface area contributed by atoms with E-state index in [2.05, 4.69) is 34.9 Å². The molecule has 1 aliphatic rings. The topological polar surface area (TPSA) is 76.7 Å². The predicted molar refractivity (Wildman–Crippen MR) is 138 cm³/mol. The van der Waals surface area contributed by atoms with E-state index < -0.39 is 23.8 Å². The summed E-state index contributed by atoms with van der Waals surface area (Å²) in [4.78, 5) is 25.5. The van der Waals surface area contributed by atoms with Gasteiger partial charge >= 0.3 is 12.1 Å². The van der Waals surface area contributed by atoms with Crippen molar-refractivity contribution in [1.82, 2.24) is 10.6 Å². The molecule has 0 saturated heterocycles. The highest BCUT2D eigenvalue weighted by molar-refractivity contribution is 7.80. The monoisotopic (exact) mass is 482 g/mol. The van der Waals surface area contributed by atoms with Crippen LogP contribution in [0.25, 0.3) is 11.1 Å². The van der Waals surface area contributed by atoms with Crippen molar-refractivity contribution in [2.75, 3.05) is 6.61 Å². The highest BCUT2D eigenvalue weighted by atomic mass is 32.1. The van der Waals surface area contributed by atoms with Crippen molar-refractivity contribution >= 4 is 29.3 Å². The van der Waals surface area contributed by atoms with Gasteiger partial charge in [-0.15, -0.1) is 0 Å². The molecule has 6 nitrogen and oxygen atoms in total. The van der Waals surface area contributed by atoms with Crippen molar-refractivity contribution in [3.8, 4) is 11.1 Å². The van der Waals surface area contributed by atoms with Gasteiger partial charge in [-0.3, -0.25) is 0 Å². The Bertz CT molecular complexity index is 1020. The van der Waals surface area contributed by atoms with Crippen LogP contribution >= 0.6 is 12.2 Å². The summed E-state index contributed by atoms with van der Waals surface area (Å²) < 4.78 is 11.1. The first kappa shape index (κ1) is 25.7. The summed E-state index contributed by atoms with van der Waals surface area (Å²) in [6, 6.07) is 15.2. The van der Waals surface area contributed by atoms with E-state index in [1.807, 2.05) is 58.9 Å². The quantitative estimate of drug-likeness (QED) is 0.417. The Balaban J connectivity index is 1.58. The molecule has 2 aromatic rings. The van der Waals surface area contributed by atoms with Gasteiger partial charge in [0, 0.05) is 5.92 Å². The third-order valence-corrected chi connectivity index (χ3v) is 6.17. The molecular weight excluding hydrogens is 448 g/mol. The molecule has 0 bridgehead atoms. The van der Waals surface area contributed by atoms with E-state index in [0.29, 0.717) is 4.99 Å². The van der Waals surface area contributed by atoms with Gasteiger partial charge in [0.05, 0.1) is 11.0 Å². The number of amides is 1. The van der Waals surface area contributed by atoms with E-state index in [9.17, 15) is 9.59 Å². The number of benzene rings is 2. The fourth-order valence-electron chi connectivity index (χ4n) is 4.02. The minimum absolute atomic E-state index is 0.0176. The van der Waals surface area contributed by atoms with Crippen molar-refractivity contribution in [2.45, 2.75) is 65.1 Å². The number of esters is 1. The molecule has 2 atom stereocenters. The minimum Gasteiger partial charge on any atom is -0.458 e. The van der Waals surface area contributed by atoms with E-state index in [0.717, 1.165) is 11.1 Å². The number of carbonyl (C=O) groups is 2. The number of carbonyl (C=O) groups excluding carboxylic acids is 2. The van der Waals surface area contributed by atoms with Crippen LogP contribution in [-0.2, 0) is 14.3 Å². The zero-order valence-corrected chi connectivity index (χ0v) is 21.5. The second kappa shape index (κ2) is 10.6. The number of hydrogen-bond acceptors (Lipinski definition) is 5. The van der Waals surface area contributed by atoms with Gasteiger partial charge in [-0.1, -0.05) is 74.6 Å². The molecule has 0 fully saturated rings. The second-order valence-electron chi connectivity index (χ2n) is 9.96. The van der Waals surface area contributed by atoms with Gasteiger partial charge in [0.2, 0.25) is 0 Å². The van der Waals surface area contributed by atoms with Crippen molar-refractivity contribution in [3.63, 3.8) is 0 Å². The van der Waals surface area contributed by atoms with Crippen LogP contribution in [0.3, 0.4) is 0 Å². The van der Waals surface area contributed by atoms with E-state index in [1.165, 1.54) is 11.1 Å². The molecule has 2 aromatic carbocycles. The molecule has 0 aliphatic heterocycles. The Kier molecular flexibility index (Phi) is 7.97. The lowest BCUT2D eigenvalue weighted by atomic mass is 9.98. The average molecular weight is 483 g/mol. The Hall–Kier alpha value is -2.93. The van der Waals surface area contributed by atoms with E-state index >= 15 is 0 Å². The fourth-order valence-corrected chi connectivity index (χ4v) is 4.21. The predicted octanol–water partition coefficient (Wildman–Crippen LogP) is 5.20. The zero-order chi connectivity index (χ0) is 25.0. The van der Waals surface area contributed by atoms with Gasteiger partial charge in [0.25, 0.3) is 0 Å². The fraction of sp³-hybridized carbons (Fsp3) is 0.444. The van der Waals surface area contributed by atoms with Crippen molar-refractivity contribution in [2.24, 2.45) is 5.92 Å². The molecule has 0 unspecified atom stereocenters. The summed E-state index contributed by atoms with van der Waals surface area (Å²) in [7, 11) is 0. The van der Waals surface area contributed by atoms with Crippen LogP contribution in [0.4, 0.5) is 4.79 Å². The first-order valence-electron chi connectivity index (χ1n) is 11.6. The smallest absolute Gasteiger partial charge is 0.407 e. The Morgan fingerprint density at radius 1 is 0.941 bits per heavy atom. The Morgan fingerprint density at radius 3 is 1.97 bits per heavy atom. The van der Waals surface area contributed by atoms with Gasteiger partial charge in [0.1, 0.15) is 18.2 Å². The molecule has 1 amide bonds. The van der Waals surface area contributed by atoms with Gasteiger partial charge in [-0.25, -0.2) is 9.59 Å². The van der Waals surface area contributed by atoms with Gasteiger partial charge in [-0.2, -0.15) is 0 Å². The number of rotatable bonds is 7. The Labute approximate surface area is 207 Å². The molecule has 0 aromatic heterocycles. The molecule has 182 valence electrons. The largest absolute Gasteiger partial charge is 0.458 e. The van der Waals surface area contributed by atoms with Crippen LogP contribution in [0, 0.1) is 5.92 Å². The zero-order valence-electron chi connectivity index (χ0n) is 20.7. The number of ether oxygens (including phenoxy) is 2. The third kappa shape index (κ3) is 6.14. The SMILES string of the molecule is CC(C)[C@H](NC(=S)[C@H](C)NC(=O)OCC1c2ccccc2-c2ccccc21)C(=O)OC(C)(C)C. The van der Waals surface area contributed by atoms with Gasteiger partial charge in [0.15, 0.2) is 0 Å². The molecule has 7 heteroatoms. The average Bonchev–Trinajstić information content (AvgIpc) is 3.08. The number of hydrogen-bond donors (Lipinski definition) is 2. The molecule has 3 rings (SSSR count). The standard InChI is InChI=1S/C27H34N2O4S/c1-16(2)23(25(30)33-27(4,5)6)29-24(34)17(3)28-26(31)32-15-22-20-13-9-7-11-18(20)19-12-8-10-14-21(19)22/h7-14,16-17,22-23H,15H2,1-6H3,(H,28,31)(H,29,34)/t17-,23-/m0/s1. The van der Waals surface area contributed by atoms with Crippen LogP contribution in [0.15, 0.2) is 48.5 Å². The van der Waals surface area contributed by atoms with Crippen LogP contribution in [0.5, 0.6) is 0 Å². The third-order valence-electron chi connectivity index (χ3n) is 5.70. The van der Waals surface area contributed by atoms with Gasteiger partial charge in [-0.05, 0) is 55.9 Å². The summed E-state index contributed by atoms with van der Waals surface area (Å²) in [6.45, 7) is 11.3. The number of nitrogens with one attached hydrogen (secondary N) is 2. The van der Waals surface area contributed by atoms with Crippen LogP contribution in [0.1, 0.15) is 58.6 Å². The first-order chi connectivity index (χ1) is 16.0. The summed E-state index contributed by atoms with van der Waals surface area (Å²) in [6.07, 6.45) is -0.558. The van der Waals surface area contributed by atoms with Crippen LogP contribution in [-0.4, -0.2) is 41.3 Å². The second-order valence-corrected chi connectivity index (χ2v) is 10.4. The number of fused-ring (bicyclic) bond motifs is 3. The summed E-state index contributed by atoms with van der Waals surface area (Å²) >= 11 is 5.46. The maximum absolute atomic E-state index is 12.6. The number of thiocarbonyl (C=S) groups is 1. The summed E-state index contributed by atoms with van der Waals surface area (Å²) in [5.41, 5.74) is 4.05. The highest BCUT2D eigenvalue weighted by Gasteiger charge is 2.31. The maximum atomic E-state index is 12.6. The van der Waals surface area contributed by atoms with E-state index in [4.69, 9.17) is 21.7 Å². The molecule has 0 heterocycles. The number of alkyl carbamates (subject to hydrolysis) is 1. The normalized spacial score (nSPS) is 14.6. The lowest BCUT2D eigenvalue weighted by Gasteiger charge is -2.28. The Morgan fingerprint density at radius 2 is 1.47 bits per heavy atom. The van der Waals surface area contributed by atoms with Crippen molar-refractivity contribution in [3.05, 3.63) is 59.7 Å². The van der Waals surface area contributed by atoms with E-state index in [-0.39, 0.29) is 24.4 Å². The summed E-state index contributed by atoms with van der Waals surface area (Å²) in [5.74, 6) is -0.441. The van der Waals surface area contributed by atoms with Crippen LogP contribution in [0.2, 0.25) is 0 Å². The highest BCUT2D eigenvalue weighted by Crippen LogP contribution is 2.44. The molecule has 1 aliphatic carbocycles. The molecule has 0 saturated carbocycles. The molecular formula is C27H34N2O4S. The van der Waals surface area contributed by atoms with Crippen molar-refractivity contribution < 1.29 is 19.1 Å². The molecule has 2 N–H and O–H groups in total. The van der Waals surface area contributed by atoms with Gasteiger partial charge < -0.3 is 20.1 Å². The maximum Gasteiger partial charge on any atom is 0.407 e. The first-order valence-corrected chi connectivity index (χ1v) is 12.0. The minimum atomic E-state index is -0.613. The lowest BCUT2D eigenvalue weighted by Crippen LogP contribution is -2.52. The summed E-state index contributed by atoms with van der Waals surface area (Å²) in [5, 5.41) is 5.82. The molecule has 0 spiro atoms. The van der Waals surface area contributed by atoms with E-state index in [1.54, 1.807) is 6.92 Å². The van der Waals surface area contributed by atoms with Crippen molar-refractivity contribution in [1.29, 1.82) is 0 Å². The molecule has 0 radical (unpaired) electrons. The van der Waals surface area contributed by atoms with Crippen LogP contribution < -0.4 is 10.6 Å². The molecule has 34 heavy (non-hydrogen) atoms.